The van der Waals surface area contributed by atoms with Crippen LogP contribution in [0.1, 0.15) is 6.42 Å². The molecule has 4 nitrogen and oxygen atoms in total. The van der Waals surface area contributed by atoms with Crippen molar-refractivity contribution in [3.05, 3.63) is 0 Å². The number of likely N-dealkylation sites (tertiary alicyclic amines) is 1. The molecule has 0 aromatic carbocycles. The number of thioether (sulfide) groups is 1. The van der Waals surface area contributed by atoms with Crippen LogP contribution in [0.15, 0.2) is 0 Å². The Morgan fingerprint density at radius 3 is 2.92 bits per heavy atom. The number of hydrogen-bond acceptors (Lipinski definition) is 3. The molecule has 1 unspecified atom stereocenters. The molecule has 1 heterocycles. The summed E-state index contributed by atoms with van der Waals surface area (Å²) < 4.78 is 0. The van der Waals surface area contributed by atoms with Crippen LogP contribution in [0.2, 0.25) is 0 Å². The van der Waals surface area contributed by atoms with E-state index in [1.54, 1.807) is 11.9 Å². The summed E-state index contributed by atoms with van der Waals surface area (Å²) in [5, 5.41) is 8.25. The molecule has 0 bridgehead atoms. The summed E-state index contributed by atoms with van der Waals surface area (Å²) in [6.45, 7) is 0.746. The second-order valence-electron chi connectivity index (χ2n) is 2.74. The lowest BCUT2D eigenvalue weighted by Crippen LogP contribution is -2.24. The average Bonchev–Trinajstić information content (AvgIpc) is 2.30. The highest BCUT2D eigenvalue weighted by atomic mass is 32.2. The number of carbonyl (C=O) groups is 2. The van der Waals surface area contributed by atoms with Gasteiger partial charge in [-0.15, -0.1) is 11.8 Å². The van der Waals surface area contributed by atoms with E-state index in [2.05, 4.69) is 0 Å². The summed E-state index contributed by atoms with van der Waals surface area (Å²) >= 11 is 1.21. The fourth-order valence-corrected chi connectivity index (χ4v) is 2.06. The fraction of sp³-hybridized carbons (Fsp3) is 0.714. The van der Waals surface area contributed by atoms with Gasteiger partial charge in [-0.25, -0.2) is 0 Å². The minimum atomic E-state index is -0.859. The van der Waals surface area contributed by atoms with E-state index in [1.807, 2.05) is 0 Å². The molecule has 68 valence electrons. The number of amides is 1. The zero-order valence-corrected chi connectivity index (χ0v) is 7.63. The molecule has 5 heteroatoms. The Kier molecular flexibility index (Phi) is 2.97. The molecular formula is C7H11NO3S. The van der Waals surface area contributed by atoms with Gasteiger partial charge in [0.15, 0.2) is 0 Å². The Labute approximate surface area is 74.9 Å². The van der Waals surface area contributed by atoms with Crippen LogP contribution < -0.4 is 0 Å². The first-order valence-electron chi connectivity index (χ1n) is 3.69. The maximum absolute atomic E-state index is 11.2. The molecule has 1 aliphatic rings. The minimum Gasteiger partial charge on any atom is -0.481 e. The van der Waals surface area contributed by atoms with Crippen molar-refractivity contribution in [2.24, 2.45) is 0 Å². The Balaban J connectivity index is 2.34. The Bertz CT molecular complexity index is 207. The molecule has 0 radical (unpaired) electrons. The molecule has 1 fully saturated rings. The molecule has 1 atom stereocenters. The molecule has 1 saturated heterocycles. The van der Waals surface area contributed by atoms with Crippen molar-refractivity contribution < 1.29 is 14.7 Å². The van der Waals surface area contributed by atoms with E-state index in [0.29, 0.717) is 0 Å². The van der Waals surface area contributed by atoms with Gasteiger partial charge in [0.05, 0.1) is 11.0 Å². The highest BCUT2D eigenvalue weighted by Gasteiger charge is 2.29. The van der Waals surface area contributed by atoms with Gasteiger partial charge < -0.3 is 10.0 Å². The lowest BCUT2D eigenvalue weighted by molar-refractivity contribution is -0.133. The van der Waals surface area contributed by atoms with Crippen LogP contribution >= 0.6 is 11.8 Å². The summed E-state index contributed by atoms with van der Waals surface area (Å²) in [5.74, 6) is -0.784. The smallest absolute Gasteiger partial charge is 0.313 e. The molecule has 0 saturated carbocycles. The van der Waals surface area contributed by atoms with Crippen LogP contribution in [-0.4, -0.2) is 46.5 Å². The van der Waals surface area contributed by atoms with Gasteiger partial charge in [0.25, 0.3) is 0 Å². The molecule has 1 amide bonds. The first-order valence-corrected chi connectivity index (χ1v) is 4.74. The second kappa shape index (κ2) is 3.80. The maximum Gasteiger partial charge on any atom is 0.313 e. The predicted octanol–water partition coefficient (Wildman–Crippen LogP) is 0.0349. The molecule has 0 aromatic rings. The SMILES string of the molecule is CN1CCC(SCC(=O)O)C1=O. The van der Waals surface area contributed by atoms with Crippen LogP contribution in [0.25, 0.3) is 0 Å². The van der Waals surface area contributed by atoms with Gasteiger partial charge in [0, 0.05) is 13.6 Å². The first-order chi connectivity index (χ1) is 5.61. The topological polar surface area (TPSA) is 57.6 Å². The fourth-order valence-electron chi connectivity index (χ4n) is 1.12. The van der Waals surface area contributed by atoms with Crippen LogP contribution in [0.5, 0.6) is 0 Å². The van der Waals surface area contributed by atoms with E-state index in [-0.39, 0.29) is 16.9 Å². The Morgan fingerprint density at radius 1 is 1.83 bits per heavy atom. The third kappa shape index (κ3) is 2.14. The number of carboxylic acids is 1. The van der Waals surface area contributed by atoms with E-state index in [1.165, 1.54) is 11.8 Å². The number of aliphatic carboxylic acids is 1. The van der Waals surface area contributed by atoms with E-state index in [9.17, 15) is 9.59 Å². The van der Waals surface area contributed by atoms with E-state index in [0.717, 1.165) is 13.0 Å². The third-order valence-electron chi connectivity index (χ3n) is 1.79. The third-order valence-corrected chi connectivity index (χ3v) is 3.04. The second-order valence-corrected chi connectivity index (χ2v) is 3.93. The molecule has 0 aliphatic carbocycles. The monoisotopic (exact) mass is 189 g/mol. The lowest BCUT2D eigenvalue weighted by Gasteiger charge is -2.08. The van der Waals surface area contributed by atoms with E-state index >= 15 is 0 Å². The molecule has 0 aromatic heterocycles. The van der Waals surface area contributed by atoms with Crippen LogP contribution in [0.4, 0.5) is 0 Å². The highest BCUT2D eigenvalue weighted by Crippen LogP contribution is 2.22. The molecule has 0 spiro atoms. The van der Waals surface area contributed by atoms with Gasteiger partial charge in [0.2, 0.25) is 5.91 Å². The van der Waals surface area contributed by atoms with Gasteiger partial charge in [-0.3, -0.25) is 9.59 Å². The van der Waals surface area contributed by atoms with Crippen molar-refractivity contribution in [3.63, 3.8) is 0 Å². The Hall–Kier alpha value is -0.710. The van der Waals surface area contributed by atoms with Crippen LogP contribution in [0.3, 0.4) is 0 Å². The number of rotatable bonds is 3. The first kappa shape index (κ1) is 9.38. The van der Waals surface area contributed by atoms with Gasteiger partial charge in [-0.2, -0.15) is 0 Å². The van der Waals surface area contributed by atoms with E-state index < -0.39 is 5.97 Å². The standard InChI is InChI=1S/C7H11NO3S/c1-8-3-2-5(7(8)11)12-4-6(9)10/h5H,2-4H2,1H3,(H,9,10). The summed E-state index contributed by atoms with van der Waals surface area (Å²) in [7, 11) is 1.74. The summed E-state index contributed by atoms with van der Waals surface area (Å²) in [5.41, 5.74) is 0. The summed E-state index contributed by atoms with van der Waals surface area (Å²) in [4.78, 5) is 23.1. The molecule has 12 heavy (non-hydrogen) atoms. The van der Waals surface area contributed by atoms with Crippen LogP contribution in [-0.2, 0) is 9.59 Å². The maximum atomic E-state index is 11.2. The van der Waals surface area contributed by atoms with Crippen molar-refractivity contribution in [2.45, 2.75) is 11.7 Å². The van der Waals surface area contributed by atoms with Crippen molar-refractivity contribution in [2.75, 3.05) is 19.3 Å². The molecule has 1 N–H and O–H groups in total. The minimum absolute atomic E-state index is 0.0181. The summed E-state index contributed by atoms with van der Waals surface area (Å²) in [6.07, 6.45) is 0.771. The molecule has 1 rings (SSSR count). The quantitative estimate of drug-likeness (QED) is 0.680. The van der Waals surface area contributed by atoms with Crippen molar-refractivity contribution in [1.82, 2.24) is 4.90 Å². The average molecular weight is 189 g/mol. The zero-order chi connectivity index (χ0) is 9.14. The van der Waals surface area contributed by atoms with Gasteiger partial charge in [0.1, 0.15) is 0 Å². The Morgan fingerprint density at radius 2 is 2.50 bits per heavy atom. The molecular weight excluding hydrogens is 178 g/mol. The normalized spacial score (nSPS) is 23.2. The van der Waals surface area contributed by atoms with Crippen LogP contribution in [0, 0.1) is 0 Å². The van der Waals surface area contributed by atoms with Gasteiger partial charge in [-0.05, 0) is 6.42 Å². The molecule has 1 aliphatic heterocycles. The number of hydrogen-bond donors (Lipinski definition) is 1. The van der Waals surface area contributed by atoms with E-state index in [4.69, 9.17) is 5.11 Å². The lowest BCUT2D eigenvalue weighted by atomic mass is 10.4. The number of carboxylic acid groups (broad SMARTS) is 1. The van der Waals surface area contributed by atoms with Crippen molar-refractivity contribution in [1.29, 1.82) is 0 Å². The van der Waals surface area contributed by atoms with Crippen molar-refractivity contribution >= 4 is 23.6 Å². The predicted molar refractivity (Wildman–Crippen MR) is 46.1 cm³/mol. The number of carbonyl (C=O) groups excluding carboxylic acids is 1. The largest absolute Gasteiger partial charge is 0.481 e. The van der Waals surface area contributed by atoms with Crippen molar-refractivity contribution in [3.8, 4) is 0 Å². The highest BCUT2D eigenvalue weighted by molar-refractivity contribution is 8.01. The zero-order valence-electron chi connectivity index (χ0n) is 6.82. The number of nitrogens with zero attached hydrogens (tertiary/aromatic N) is 1. The van der Waals surface area contributed by atoms with Gasteiger partial charge >= 0.3 is 5.97 Å². The van der Waals surface area contributed by atoms with Gasteiger partial charge in [-0.1, -0.05) is 0 Å². The summed E-state index contributed by atoms with van der Waals surface area (Å²) in [6, 6.07) is 0.